The SMILES string of the molecule is CC1OCCC1CNC1(CC(=O)O)CNC1. The van der Waals surface area contributed by atoms with Gasteiger partial charge in [-0.15, -0.1) is 0 Å². The summed E-state index contributed by atoms with van der Waals surface area (Å²) in [4.78, 5) is 10.8. The summed E-state index contributed by atoms with van der Waals surface area (Å²) in [7, 11) is 0. The van der Waals surface area contributed by atoms with E-state index in [0.29, 0.717) is 12.0 Å². The van der Waals surface area contributed by atoms with Crippen LogP contribution in [0.3, 0.4) is 0 Å². The molecule has 2 aliphatic heterocycles. The van der Waals surface area contributed by atoms with Crippen LogP contribution in [0.5, 0.6) is 0 Å². The highest BCUT2D eigenvalue weighted by Gasteiger charge is 2.39. The largest absolute Gasteiger partial charge is 0.481 e. The van der Waals surface area contributed by atoms with E-state index in [0.717, 1.165) is 32.7 Å². The van der Waals surface area contributed by atoms with Gasteiger partial charge in [0.2, 0.25) is 0 Å². The molecule has 0 aliphatic carbocycles. The van der Waals surface area contributed by atoms with Gasteiger partial charge in [0.1, 0.15) is 0 Å². The average Bonchev–Trinajstić information content (AvgIpc) is 2.55. The number of rotatable bonds is 5. The predicted octanol–water partition coefficient (Wildman–Crippen LogP) is -0.182. The Morgan fingerprint density at radius 3 is 2.81 bits per heavy atom. The van der Waals surface area contributed by atoms with Crippen molar-refractivity contribution in [2.45, 2.75) is 31.4 Å². The van der Waals surface area contributed by atoms with Crippen molar-refractivity contribution < 1.29 is 14.6 Å². The molecule has 2 aliphatic rings. The second-order valence-electron chi connectivity index (χ2n) is 4.96. The van der Waals surface area contributed by atoms with Gasteiger partial charge < -0.3 is 20.5 Å². The summed E-state index contributed by atoms with van der Waals surface area (Å²) in [6.45, 7) is 5.28. The highest BCUT2D eigenvalue weighted by Crippen LogP contribution is 2.22. The molecular weight excluding hydrogens is 208 g/mol. The molecule has 5 nitrogen and oxygen atoms in total. The first-order valence-electron chi connectivity index (χ1n) is 5.90. The molecule has 0 saturated carbocycles. The van der Waals surface area contributed by atoms with Crippen LogP contribution in [0.25, 0.3) is 0 Å². The van der Waals surface area contributed by atoms with Crippen molar-refractivity contribution in [1.82, 2.24) is 10.6 Å². The van der Waals surface area contributed by atoms with E-state index in [9.17, 15) is 4.79 Å². The maximum Gasteiger partial charge on any atom is 0.305 e. The second kappa shape index (κ2) is 4.69. The highest BCUT2D eigenvalue weighted by atomic mass is 16.5. The van der Waals surface area contributed by atoms with Gasteiger partial charge in [-0.25, -0.2) is 0 Å². The summed E-state index contributed by atoms with van der Waals surface area (Å²) >= 11 is 0. The van der Waals surface area contributed by atoms with Crippen LogP contribution in [0.2, 0.25) is 0 Å². The van der Waals surface area contributed by atoms with Crippen LogP contribution in [-0.4, -0.2) is 49.0 Å². The Bertz CT molecular complexity index is 266. The number of hydrogen-bond donors (Lipinski definition) is 3. The molecule has 0 amide bonds. The Hall–Kier alpha value is -0.650. The number of ether oxygens (including phenoxy) is 1. The van der Waals surface area contributed by atoms with Gasteiger partial charge in [-0.05, 0) is 19.3 Å². The summed E-state index contributed by atoms with van der Waals surface area (Å²) in [6, 6.07) is 0. The van der Waals surface area contributed by atoms with Gasteiger partial charge in [0, 0.05) is 26.2 Å². The molecule has 0 aromatic heterocycles. The Labute approximate surface area is 95.5 Å². The van der Waals surface area contributed by atoms with Gasteiger partial charge in [-0.3, -0.25) is 4.79 Å². The van der Waals surface area contributed by atoms with Crippen molar-refractivity contribution in [3.05, 3.63) is 0 Å². The summed E-state index contributed by atoms with van der Waals surface area (Å²) in [5.41, 5.74) is -0.228. The molecule has 2 rings (SSSR count). The zero-order valence-corrected chi connectivity index (χ0v) is 9.66. The van der Waals surface area contributed by atoms with E-state index in [1.165, 1.54) is 0 Å². The lowest BCUT2D eigenvalue weighted by molar-refractivity contribution is -0.139. The fourth-order valence-electron chi connectivity index (χ4n) is 2.42. The minimum Gasteiger partial charge on any atom is -0.481 e. The van der Waals surface area contributed by atoms with Crippen LogP contribution >= 0.6 is 0 Å². The van der Waals surface area contributed by atoms with E-state index in [1.54, 1.807) is 0 Å². The quantitative estimate of drug-likeness (QED) is 0.609. The lowest BCUT2D eigenvalue weighted by Gasteiger charge is -2.43. The topological polar surface area (TPSA) is 70.6 Å². The third-order valence-corrected chi connectivity index (χ3v) is 3.69. The third-order valence-electron chi connectivity index (χ3n) is 3.69. The molecule has 0 aromatic carbocycles. The van der Waals surface area contributed by atoms with Gasteiger partial charge in [0.25, 0.3) is 0 Å². The smallest absolute Gasteiger partial charge is 0.305 e. The number of carboxylic acids is 1. The van der Waals surface area contributed by atoms with E-state index in [1.807, 2.05) is 0 Å². The lowest BCUT2D eigenvalue weighted by Crippen LogP contribution is -2.69. The van der Waals surface area contributed by atoms with Crippen molar-refractivity contribution in [1.29, 1.82) is 0 Å². The number of aliphatic carboxylic acids is 1. The zero-order valence-electron chi connectivity index (χ0n) is 9.66. The van der Waals surface area contributed by atoms with Crippen LogP contribution < -0.4 is 10.6 Å². The lowest BCUT2D eigenvalue weighted by atomic mass is 9.87. The number of carboxylic acid groups (broad SMARTS) is 1. The molecule has 0 aromatic rings. The Balaban J connectivity index is 1.80. The summed E-state index contributed by atoms with van der Waals surface area (Å²) < 4.78 is 5.49. The zero-order chi connectivity index (χ0) is 11.6. The van der Waals surface area contributed by atoms with Crippen molar-refractivity contribution in [3.8, 4) is 0 Å². The number of nitrogens with one attached hydrogen (secondary N) is 2. The van der Waals surface area contributed by atoms with Crippen molar-refractivity contribution in [3.63, 3.8) is 0 Å². The van der Waals surface area contributed by atoms with Gasteiger partial charge in [-0.2, -0.15) is 0 Å². The van der Waals surface area contributed by atoms with E-state index >= 15 is 0 Å². The molecule has 0 bridgehead atoms. The van der Waals surface area contributed by atoms with Crippen LogP contribution in [0.1, 0.15) is 19.8 Å². The second-order valence-corrected chi connectivity index (χ2v) is 4.96. The van der Waals surface area contributed by atoms with Gasteiger partial charge in [0.15, 0.2) is 0 Å². The normalized spacial score (nSPS) is 32.3. The maximum atomic E-state index is 10.8. The molecule has 3 N–H and O–H groups in total. The maximum absolute atomic E-state index is 10.8. The molecule has 0 radical (unpaired) electrons. The molecule has 16 heavy (non-hydrogen) atoms. The van der Waals surface area contributed by atoms with E-state index < -0.39 is 5.97 Å². The minimum atomic E-state index is -0.732. The van der Waals surface area contributed by atoms with Crippen LogP contribution in [0.4, 0.5) is 0 Å². The first-order valence-corrected chi connectivity index (χ1v) is 5.90. The highest BCUT2D eigenvalue weighted by molar-refractivity contribution is 5.68. The number of hydrogen-bond acceptors (Lipinski definition) is 4. The van der Waals surface area contributed by atoms with Crippen LogP contribution in [-0.2, 0) is 9.53 Å². The minimum absolute atomic E-state index is 0.196. The first-order chi connectivity index (χ1) is 7.61. The van der Waals surface area contributed by atoms with E-state index in [4.69, 9.17) is 9.84 Å². The summed E-state index contributed by atoms with van der Waals surface area (Å²) in [5.74, 6) is -0.212. The fraction of sp³-hybridized carbons (Fsp3) is 0.909. The molecule has 2 atom stereocenters. The van der Waals surface area contributed by atoms with Crippen LogP contribution in [0.15, 0.2) is 0 Å². The van der Waals surface area contributed by atoms with Gasteiger partial charge >= 0.3 is 5.97 Å². The van der Waals surface area contributed by atoms with Crippen molar-refractivity contribution in [2.24, 2.45) is 5.92 Å². The molecule has 2 saturated heterocycles. The molecule has 2 heterocycles. The molecule has 92 valence electrons. The third kappa shape index (κ3) is 2.53. The Morgan fingerprint density at radius 1 is 1.62 bits per heavy atom. The summed E-state index contributed by atoms with van der Waals surface area (Å²) in [6.07, 6.45) is 1.56. The van der Waals surface area contributed by atoms with E-state index in [2.05, 4.69) is 17.6 Å². The fourth-order valence-corrected chi connectivity index (χ4v) is 2.42. The van der Waals surface area contributed by atoms with Gasteiger partial charge in [0.05, 0.1) is 18.1 Å². The molecule has 5 heteroatoms. The van der Waals surface area contributed by atoms with E-state index in [-0.39, 0.29) is 12.0 Å². The summed E-state index contributed by atoms with van der Waals surface area (Å²) in [5, 5.41) is 15.4. The number of carbonyl (C=O) groups is 1. The van der Waals surface area contributed by atoms with Crippen molar-refractivity contribution >= 4 is 5.97 Å². The molecule has 0 spiro atoms. The standard InChI is InChI=1S/C11H20N2O3/c1-8-9(2-3-16-8)5-13-11(4-10(14)15)6-12-7-11/h8-9,12-13H,2-7H2,1H3,(H,14,15). The Kier molecular flexibility index (Phi) is 3.47. The molecular formula is C11H20N2O3. The van der Waals surface area contributed by atoms with Gasteiger partial charge in [-0.1, -0.05) is 0 Å². The van der Waals surface area contributed by atoms with Crippen LogP contribution in [0, 0.1) is 5.92 Å². The monoisotopic (exact) mass is 228 g/mol. The predicted molar refractivity (Wildman–Crippen MR) is 59.4 cm³/mol. The molecule has 2 fully saturated rings. The van der Waals surface area contributed by atoms with Crippen molar-refractivity contribution in [2.75, 3.05) is 26.2 Å². The molecule has 2 unspecified atom stereocenters. The average molecular weight is 228 g/mol. The Morgan fingerprint density at radius 2 is 2.38 bits per heavy atom. The first kappa shape index (κ1) is 11.8.